The van der Waals surface area contributed by atoms with Gasteiger partial charge in [0, 0.05) is 25.2 Å². The van der Waals surface area contributed by atoms with E-state index in [0.29, 0.717) is 32.1 Å². The van der Waals surface area contributed by atoms with E-state index in [4.69, 9.17) is 24.0 Å². The van der Waals surface area contributed by atoms with Crippen molar-refractivity contribution in [3.63, 3.8) is 0 Å². The molecule has 6 atom stereocenters. The van der Waals surface area contributed by atoms with Gasteiger partial charge >= 0.3 is 19.8 Å². The quantitative estimate of drug-likeness (QED) is 0.0171. The number of esters is 2. The topological polar surface area (TPSA) is 189 Å². The van der Waals surface area contributed by atoms with Crippen molar-refractivity contribution >= 4 is 19.8 Å². The van der Waals surface area contributed by atoms with Gasteiger partial charge in [-0.25, -0.2) is 4.57 Å². The van der Waals surface area contributed by atoms with Gasteiger partial charge in [0.15, 0.2) is 12.4 Å². The highest BCUT2D eigenvalue weighted by Crippen LogP contribution is 2.36. The van der Waals surface area contributed by atoms with E-state index in [9.17, 15) is 29.5 Å². The summed E-state index contributed by atoms with van der Waals surface area (Å²) in [4.78, 5) is 43.2. The van der Waals surface area contributed by atoms with E-state index in [0.717, 1.165) is 38.5 Å². The van der Waals surface area contributed by atoms with Crippen LogP contribution in [0.4, 0.5) is 0 Å². The second kappa shape index (κ2) is 36.1. The van der Waals surface area contributed by atoms with Crippen LogP contribution in [-0.2, 0) is 32.9 Å². The third-order valence-electron chi connectivity index (χ3n) is 10.8. The Morgan fingerprint density at radius 1 is 0.707 bits per heavy atom. The number of carbonyl (C=O) groups excluding carboxylic acids is 2. The summed E-state index contributed by atoms with van der Waals surface area (Å²) in [5, 5.41) is 30.9. The lowest BCUT2D eigenvalue weighted by Gasteiger charge is -2.36. The predicted octanol–water partition coefficient (Wildman–Crippen LogP) is 10.1. The molecule has 58 heavy (non-hydrogen) atoms. The number of aliphatic hydroxyl groups excluding tert-OH is 3. The molecule has 0 amide bonds. The fraction of sp³-hybridized carbons (Fsp3) is 0.867. The van der Waals surface area contributed by atoms with E-state index in [1.807, 2.05) is 12.2 Å². The molecule has 1 aliphatic heterocycles. The fourth-order valence-corrected chi connectivity index (χ4v) is 7.60. The van der Waals surface area contributed by atoms with Crippen molar-refractivity contribution in [3.8, 4) is 0 Å². The van der Waals surface area contributed by atoms with E-state index in [1.165, 1.54) is 96.3 Å². The van der Waals surface area contributed by atoms with E-state index >= 15 is 0 Å². The van der Waals surface area contributed by atoms with Crippen LogP contribution < -0.4 is 0 Å². The van der Waals surface area contributed by atoms with Gasteiger partial charge < -0.3 is 39.3 Å². The maximum absolute atomic E-state index is 12.6. The number of ether oxygens (including phenoxy) is 3. The van der Waals surface area contributed by atoms with Crippen molar-refractivity contribution in [2.24, 2.45) is 5.92 Å². The van der Waals surface area contributed by atoms with Crippen LogP contribution in [0.5, 0.6) is 0 Å². The van der Waals surface area contributed by atoms with Crippen LogP contribution in [0.1, 0.15) is 200 Å². The number of rotatable bonds is 38. The van der Waals surface area contributed by atoms with Crippen LogP contribution >= 0.6 is 7.82 Å². The summed E-state index contributed by atoms with van der Waals surface area (Å²) in [5.41, 5.74) is 0. The van der Waals surface area contributed by atoms with Crippen LogP contribution in [-0.4, -0.2) is 81.0 Å². The largest absolute Gasteiger partial charge is 0.469 e. The standard InChI is InChI=1S/C45H83O12P/c1-3-5-7-8-9-10-11-12-13-14-15-16-17-18-19-20-21-22-27-31-43(48)54-36-39(37-55-58(51,52)53)56-44(49)32-28-24-23-26-30-40-41(47)35-45(50)57-42(40)34-33-38(46)29-25-6-4-2/h23,26,33-34,38-42,45-47,50H,3-22,24-25,27-32,35-37H2,1-2H3,(H2,51,52,53)/b26-23-,34-33+/t38-,39+,40-,41-,42+,45?/m0/s1. The highest BCUT2D eigenvalue weighted by Gasteiger charge is 2.35. The Morgan fingerprint density at radius 3 is 1.78 bits per heavy atom. The highest BCUT2D eigenvalue weighted by atomic mass is 31.2. The van der Waals surface area contributed by atoms with Crippen molar-refractivity contribution < 1.29 is 58.0 Å². The second-order valence-electron chi connectivity index (χ2n) is 16.3. The summed E-state index contributed by atoms with van der Waals surface area (Å²) in [6, 6.07) is 0. The molecule has 340 valence electrons. The maximum atomic E-state index is 12.6. The number of phosphoric ester groups is 1. The van der Waals surface area contributed by atoms with Crippen LogP contribution in [0.15, 0.2) is 24.3 Å². The molecule has 0 aromatic carbocycles. The summed E-state index contributed by atoms with van der Waals surface area (Å²) in [6.07, 6.45) is 32.3. The summed E-state index contributed by atoms with van der Waals surface area (Å²) in [6.45, 7) is 3.38. The zero-order chi connectivity index (χ0) is 42.7. The molecule has 12 nitrogen and oxygen atoms in total. The lowest BCUT2D eigenvalue weighted by atomic mass is 9.87. The van der Waals surface area contributed by atoms with Crippen LogP contribution in [0, 0.1) is 5.92 Å². The summed E-state index contributed by atoms with van der Waals surface area (Å²) >= 11 is 0. The van der Waals surface area contributed by atoms with Gasteiger partial charge in [0.05, 0.1) is 24.9 Å². The average Bonchev–Trinajstić information content (AvgIpc) is 3.17. The minimum atomic E-state index is -4.83. The van der Waals surface area contributed by atoms with Crippen molar-refractivity contribution in [3.05, 3.63) is 24.3 Å². The highest BCUT2D eigenvalue weighted by molar-refractivity contribution is 7.46. The van der Waals surface area contributed by atoms with E-state index in [1.54, 1.807) is 12.2 Å². The first kappa shape index (κ1) is 54.4. The molecule has 13 heteroatoms. The van der Waals surface area contributed by atoms with Crippen molar-refractivity contribution in [2.75, 3.05) is 13.2 Å². The van der Waals surface area contributed by atoms with Crippen LogP contribution in [0.2, 0.25) is 0 Å². The van der Waals surface area contributed by atoms with Gasteiger partial charge in [-0.3, -0.25) is 14.1 Å². The zero-order valence-corrected chi connectivity index (χ0v) is 37.1. The third kappa shape index (κ3) is 32.2. The fourth-order valence-electron chi connectivity index (χ4n) is 7.24. The molecule has 1 rings (SSSR count). The molecule has 0 saturated carbocycles. The molecule has 0 aliphatic carbocycles. The number of carbonyl (C=O) groups is 2. The van der Waals surface area contributed by atoms with Crippen molar-refractivity contribution in [2.45, 2.75) is 231 Å². The minimum Gasteiger partial charge on any atom is -0.462 e. The summed E-state index contributed by atoms with van der Waals surface area (Å²) < 4.78 is 32.1. The Morgan fingerprint density at radius 2 is 1.22 bits per heavy atom. The van der Waals surface area contributed by atoms with E-state index < -0.39 is 57.1 Å². The van der Waals surface area contributed by atoms with Crippen molar-refractivity contribution in [1.82, 2.24) is 0 Å². The van der Waals surface area contributed by atoms with Crippen molar-refractivity contribution in [1.29, 1.82) is 0 Å². The maximum Gasteiger partial charge on any atom is 0.469 e. The third-order valence-corrected chi connectivity index (χ3v) is 11.3. The number of phosphoric acid groups is 1. The predicted molar refractivity (Wildman–Crippen MR) is 229 cm³/mol. The molecule has 0 aromatic heterocycles. The molecule has 1 aliphatic rings. The number of allylic oxidation sites excluding steroid dienone is 2. The Hall–Kier alpha value is -1.63. The van der Waals surface area contributed by atoms with Gasteiger partial charge in [-0.05, 0) is 32.1 Å². The Bertz CT molecular complexity index is 1110. The van der Waals surface area contributed by atoms with Crippen LogP contribution in [0.3, 0.4) is 0 Å². The molecular formula is C45H83O12P. The molecule has 0 bridgehead atoms. The monoisotopic (exact) mass is 847 g/mol. The first-order valence-electron chi connectivity index (χ1n) is 23.0. The number of unbranched alkanes of at least 4 members (excludes halogenated alkanes) is 21. The van der Waals surface area contributed by atoms with E-state index in [2.05, 4.69) is 18.4 Å². The van der Waals surface area contributed by atoms with Crippen LogP contribution in [0.25, 0.3) is 0 Å². The normalized spacial score (nSPS) is 19.8. The van der Waals surface area contributed by atoms with Gasteiger partial charge in [-0.15, -0.1) is 0 Å². The lowest BCUT2D eigenvalue weighted by molar-refractivity contribution is -0.199. The summed E-state index contributed by atoms with van der Waals surface area (Å²) in [7, 11) is -4.83. The first-order valence-corrected chi connectivity index (χ1v) is 24.6. The van der Waals surface area contributed by atoms with Gasteiger partial charge in [0.1, 0.15) is 6.61 Å². The Kier molecular flexibility index (Phi) is 33.8. The van der Waals surface area contributed by atoms with Gasteiger partial charge in [0.2, 0.25) is 0 Å². The van der Waals surface area contributed by atoms with Gasteiger partial charge in [-0.1, -0.05) is 173 Å². The molecule has 1 unspecified atom stereocenters. The SMILES string of the molecule is CCCCCCCCCCCCCCCCCCCCCC(=O)OC[C@H](COP(=O)(O)O)OC(=O)CCC/C=C\C[C@H]1[C@@H](O)CC(O)O[C@@H]1/C=C/[C@@H](O)CCCCC. The zero-order valence-electron chi connectivity index (χ0n) is 36.2. The lowest BCUT2D eigenvalue weighted by Crippen LogP contribution is -2.43. The molecule has 1 fully saturated rings. The molecule has 1 saturated heterocycles. The molecule has 0 aromatic rings. The Labute approximate surface area is 351 Å². The Balaban J connectivity index is 2.25. The number of hydrogen-bond donors (Lipinski definition) is 5. The summed E-state index contributed by atoms with van der Waals surface area (Å²) in [5.74, 6) is -1.39. The molecule has 5 N–H and O–H groups in total. The smallest absolute Gasteiger partial charge is 0.462 e. The minimum absolute atomic E-state index is 0.0205. The second-order valence-corrected chi connectivity index (χ2v) is 17.5. The average molecular weight is 847 g/mol. The molecule has 0 spiro atoms. The van der Waals surface area contributed by atoms with Gasteiger partial charge in [0.25, 0.3) is 0 Å². The molecular weight excluding hydrogens is 763 g/mol. The van der Waals surface area contributed by atoms with E-state index in [-0.39, 0.29) is 31.8 Å². The number of aliphatic hydroxyl groups is 3. The first-order chi connectivity index (χ1) is 27.9. The molecule has 0 radical (unpaired) electrons. The molecule has 1 heterocycles. The number of hydrogen-bond acceptors (Lipinski definition) is 10. The van der Waals surface area contributed by atoms with Gasteiger partial charge in [-0.2, -0.15) is 0 Å².